The molecule has 94 valence electrons. The van der Waals surface area contributed by atoms with Crippen LogP contribution in [0, 0.1) is 0 Å². The van der Waals surface area contributed by atoms with Gasteiger partial charge >= 0.3 is 0 Å². The van der Waals surface area contributed by atoms with E-state index in [2.05, 4.69) is 4.98 Å². The Morgan fingerprint density at radius 2 is 1.94 bits per heavy atom. The van der Waals surface area contributed by atoms with Crippen molar-refractivity contribution in [2.75, 3.05) is 7.11 Å². The molecule has 0 bridgehead atoms. The summed E-state index contributed by atoms with van der Waals surface area (Å²) in [6.07, 6.45) is 1.69. The normalized spacial score (nSPS) is 10.1. The lowest BCUT2D eigenvalue weighted by Crippen LogP contribution is -1.99. The van der Waals surface area contributed by atoms with Crippen LogP contribution < -0.4 is 9.47 Å². The van der Waals surface area contributed by atoms with Crippen molar-refractivity contribution < 1.29 is 9.47 Å². The maximum Gasteiger partial charge on any atom is 0.218 e. The molecule has 0 aliphatic carbocycles. The molecule has 0 fully saturated rings. The number of alkyl halides is 1. The Labute approximate surface area is 111 Å². The lowest BCUT2D eigenvalue weighted by Gasteiger charge is -2.08. The predicted molar refractivity (Wildman–Crippen MR) is 71.1 cm³/mol. The summed E-state index contributed by atoms with van der Waals surface area (Å²) in [6, 6.07) is 11.5. The minimum atomic E-state index is 0.395. The zero-order valence-corrected chi connectivity index (χ0v) is 10.9. The zero-order valence-electron chi connectivity index (χ0n) is 10.1. The van der Waals surface area contributed by atoms with Crippen LogP contribution in [0.4, 0.5) is 0 Å². The minimum Gasteiger partial charge on any atom is -0.497 e. The van der Waals surface area contributed by atoms with E-state index in [1.807, 2.05) is 36.4 Å². The summed E-state index contributed by atoms with van der Waals surface area (Å²) in [6.45, 7) is 0.463. The molecule has 0 aliphatic rings. The highest BCUT2D eigenvalue weighted by Crippen LogP contribution is 2.18. The topological polar surface area (TPSA) is 31.4 Å². The van der Waals surface area contributed by atoms with E-state index in [4.69, 9.17) is 21.1 Å². The van der Waals surface area contributed by atoms with Gasteiger partial charge in [0, 0.05) is 11.8 Å². The lowest BCUT2D eigenvalue weighted by molar-refractivity contribution is 0.291. The summed E-state index contributed by atoms with van der Waals surface area (Å²) < 4.78 is 10.7. The number of hydrogen-bond donors (Lipinski definition) is 0. The van der Waals surface area contributed by atoms with Gasteiger partial charge in [-0.15, -0.1) is 11.6 Å². The van der Waals surface area contributed by atoms with Crippen molar-refractivity contribution in [1.29, 1.82) is 0 Å². The summed E-state index contributed by atoms with van der Waals surface area (Å²) in [5, 5.41) is 0. The molecule has 3 nitrogen and oxygen atoms in total. The smallest absolute Gasteiger partial charge is 0.218 e. The molecular formula is C14H14ClNO2. The Bertz CT molecular complexity index is 499. The summed E-state index contributed by atoms with van der Waals surface area (Å²) in [5.74, 6) is 1.81. The van der Waals surface area contributed by atoms with E-state index in [9.17, 15) is 0 Å². The third-order valence-corrected chi connectivity index (χ3v) is 2.82. The quantitative estimate of drug-likeness (QED) is 0.775. The fourth-order valence-electron chi connectivity index (χ4n) is 1.53. The first-order valence-electron chi connectivity index (χ1n) is 5.59. The van der Waals surface area contributed by atoms with E-state index in [1.165, 1.54) is 0 Å². The molecule has 18 heavy (non-hydrogen) atoms. The molecule has 0 N–H and O–H groups in total. The van der Waals surface area contributed by atoms with Crippen molar-refractivity contribution in [2.45, 2.75) is 12.5 Å². The van der Waals surface area contributed by atoms with Gasteiger partial charge in [0.05, 0.1) is 13.0 Å². The predicted octanol–water partition coefficient (Wildman–Crippen LogP) is 3.41. The molecule has 0 saturated carbocycles. The van der Waals surface area contributed by atoms with E-state index >= 15 is 0 Å². The van der Waals surface area contributed by atoms with E-state index < -0.39 is 0 Å². The first kappa shape index (κ1) is 12.7. The van der Waals surface area contributed by atoms with E-state index in [1.54, 1.807) is 13.3 Å². The lowest BCUT2D eigenvalue weighted by atomic mass is 10.2. The maximum atomic E-state index is 5.82. The Balaban J connectivity index is 2.02. The van der Waals surface area contributed by atoms with Crippen LogP contribution in [0.1, 0.15) is 11.1 Å². The second kappa shape index (κ2) is 6.26. The molecule has 0 radical (unpaired) electrons. The Morgan fingerprint density at radius 3 is 2.61 bits per heavy atom. The number of nitrogens with zero attached hydrogens (tertiary/aromatic N) is 1. The summed E-state index contributed by atoms with van der Waals surface area (Å²) in [4.78, 5) is 4.17. The van der Waals surface area contributed by atoms with E-state index in [-0.39, 0.29) is 0 Å². The molecule has 0 aliphatic heterocycles. The van der Waals surface area contributed by atoms with Crippen LogP contribution in [0.3, 0.4) is 0 Å². The summed E-state index contributed by atoms with van der Waals surface area (Å²) in [5.41, 5.74) is 1.95. The molecule has 1 aromatic heterocycles. The number of hydrogen-bond acceptors (Lipinski definition) is 3. The molecule has 0 amide bonds. The molecular weight excluding hydrogens is 250 g/mol. The summed E-state index contributed by atoms with van der Waals surface area (Å²) >= 11 is 5.82. The van der Waals surface area contributed by atoms with Crippen LogP contribution in [0.25, 0.3) is 0 Å². The van der Waals surface area contributed by atoms with Gasteiger partial charge in [-0.3, -0.25) is 0 Å². The van der Waals surface area contributed by atoms with Gasteiger partial charge in [-0.1, -0.05) is 18.2 Å². The van der Waals surface area contributed by atoms with Crippen LogP contribution >= 0.6 is 11.6 Å². The van der Waals surface area contributed by atoms with Gasteiger partial charge in [0.1, 0.15) is 12.4 Å². The number of ether oxygens (including phenoxy) is 2. The van der Waals surface area contributed by atoms with Crippen molar-refractivity contribution in [2.24, 2.45) is 0 Å². The number of halogens is 1. The van der Waals surface area contributed by atoms with Crippen LogP contribution in [0.5, 0.6) is 11.6 Å². The van der Waals surface area contributed by atoms with Crippen LogP contribution in [0.2, 0.25) is 0 Å². The molecule has 0 atom stereocenters. The number of pyridine rings is 1. The second-order valence-corrected chi connectivity index (χ2v) is 4.01. The Kier molecular flexibility index (Phi) is 4.42. The zero-order chi connectivity index (χ0) is 12.8. The highest BCUT2D eigenvalue weighted by molar-refractivity contribution is 6.17. The molecule has 1 heterocycles. The first-order chi connectivity index (χ1) is 8.83. The van der Waals surface area contributed by atoms with Crippen LogP contribution in [-0.4, -0.2) is 12.1 Å². The number of rotatable bonds is 5. The third-order valence-electron chi connectivity index (χ3n) is 2.53. The van der Waals surface area contributed by atoms with Crippen molar-refractivity contribution in [3.05, 3.63) is 53.7 Å². The van der Waals surface area contributed by atoms with Gasteiger partial charge in [0.25, 0.3) is 0 Å². The molecule has 2 aromatic rings. The number of aromatic nitrogens is 1. The maximum absolute atomic E-state index is 5.82. The molecule has 4 heteroatoms. The highest BCUT2D eigenvalue weighted by atomic mass is 35.5. The average molecular weight is 264 g/mol. The third kappa shape index (κ3) is 3.14. The summed E-state index contributed by atoms with van der Waals surface area (Å²) in [7, 11) is 1.64. The van der Waals surface area contributed by atoms with Gasteiger partial charge in [-0.2, -0.15) is 0 Å². The number of methoxy groups -OCH3 is 1. The van der Waals surface area contributed by atoms with Gasteiger partial charge in [0.15, 0.2) is 0 Å². The molecule has 2 rings (SSSR count). The van der Waals surface area contributed by atoms with Crippen molar-refractivity contribution in [3.8, 4) is 11.6 Å². The van der Waals surface area contributed by atoms with E-state index in [0.29, 0.717) is 18.4 Å². The van der Waals surface area contributed by atoms with E-state index in [0.717, 1.165) is 16.9 Å². The van der Waals surface area contributed by atoms with Crippen molar-refractivity contribution in [1.82, 2.24) is 4.98 Å². The highest BCUT2D eigenvalue weighted by Gasteiger charge is 2.03. The average Bonchev–Trinajstić information content (AvgIpc) is 2.46. The van der Waals surface area contributed by atoms with Gasteiger partial charge in [-0.25, -0.2) is 4.98 Å². The monoisotopic (exact) mass is 263 g/mol. The van der Waals surface area contributed by atoms with Gasteiger partial charge < -0.3 is 9.47 Å². The Morgan fingerprint density at radius 1 is 1.17 bits per heavy atom. The molecule has 1 aromatic carbocycles. The first-order valence-corrected chi connectivity index (χ1v) is 6.12. The van der Waals surface area contributed by atoms with Crippen LogP contribution in [0.15, 0.2) is 42.6 Å². The minimum absolute atomic E-state index is 0.395. The number of benzene rings is 1. The Hall–Kier alpha value is -1.74. The second-order valence-electron chi connectivity index (χ2n) is 3.74. The van der Waals surface area contributed by atoms with Crippen LogP contribution in [-0.2, 0) is 12.5 Å². The van der Waals surface area contributed by atoms with Gasteiger partial charge in [-0.05, 0) is 23.8 Å². The molecule has 0 unspecified atom stereocenters. The van der Waals surface area contributed by atoms with Gasteiger partial charge in [0.2, 0.25) is 5.88 Å². The fraction of sp³-hybridized carbons (Fsp3) is 0.214. The van der Waals surface area contributed by atoms with Crippen molar-refractivity contribution >= 4 is 11.6 Å². The largest absolute Gasteiger partial charge is 0.497 e. The molecule has 0 saturated heterocycles. The van der Waals surface area contributed by atoms with Crippen molar-refractivity contribution in [3.63, 3.8) is 0 Å². The molecule has 0 spiro atoms. The SMILES string of the molecule is COc1ccc(COc2ncccc2CCl)cc1. The standard InChI is InChI=1S/C14H14ClNO2/c1-17-13-6-4-11(5-7-13)10-18-14-12(9-15)3-2-8-16-14/h2-8H,9-10H2,1H3. The fourth-order valence-corrected chi connectivity index (χ4v) is 1.73.